The molecule has 0 N–H and O–H groups in total. The first-order valence-corrected chi connectivity index (χ1v) is 12.9. The van der Waals surface area contributed by atoms with Gasteiger partial charge in [0.25, 0.3) is 0 Å². The summed E-state index contributed by atoms with van der Waals surface area (Å²) < 4.78 is 2.34. The highest BCUT2D eigenvalue weighted by Gasteiger charge is 2.24. The molecule has 0 atom stereocenters. The van der Waals surface area contributed by atoms with Crippen molar-refractivity contribution in [2.45, 2.75) is 0 Å². The van der Waals surface area contributed by atoms with Crippen LogP contribution in [-0.2, 0) is 0 Å². The molecule has 0 spiro atoms. The van der Waals surface area contributed by atoms with E-state index in [1.807, 2.05) is 18.2 Å². The molecule has 0 bridgehead atoms. The number of benzene rings is 4. The quantitative estimate of drug-likeness (QED) is 0.229. The second-order valence-corrected chi connectivity index (χ2v) is 9.75. The highest BCUT2D eigenvalue weighted by Crippen LogP contribution is 2.47. The van der Waals surface area contributed by atoms with Crippen LogP contribution in [0, 0.1) is 11.3 Å². The molecule has 1 aliphatic carbocycles. The van der Waals surface area contributed by atoms with Crippen LogP contribution in [0.4, 0.5) is 0 Å². The summed E-state index contributed by atoms with van der Waals surface area (Å²) in [7, 11) is 0. The third kappa shape index (κ3) is 3.11. The molecule has 0 radical (unpaired) electrons. The molecule has 4 aromatic carbocycles. The molecule has 180 valence electrons. The van der Waals surface area contributed by atoms with Crippen LogP contribution in [0.15, 0.2) is 121 Å². The average molecular weight is 497 g/mol. The number of aromatic nitrogens is 3. The number of rotatable bonds is 1. The van der Waals surface area contributed by atoms with Crippen LogP contribution < -0.4 is 0 Å². The fourth-order valence-electron chi connectivity index (χ4n) is 6.01. The maximum absolute atomic E-state index is 9.65. The van der Waals surface area contributed by atoms with Crippen LogP contribution >= 0.6 is 0 Å². The van der Waals surface area contributed by atoms with Gasteiger partial charge in [-0.25, -0.2) is 4.98 Å². The van der Waals surface area contributed by atoms with Crippen molar-refractivity contribution in [1.29, 1.82) is 5.26 Å². The van der Waals surface area contributed by atoms with Crippen molar-refractivity contribution >= 4 is 21.8 Å². The summed E-state index contributed by atoms with van der Waals surface area (Å²) in [4.78, 5) is 9.59. The summed E-state index contributed by atoms with van der Waals surface area (Å²) in [6.45, 7) is 0. The number of pyridine rings is 2. The van der Waals surface area contributed by atoms with Crippen LogP contribution in [0.1, 0.15) is 5.69 Å². The molecule has 0 saturated carbocycles. The lowest BCUT2D eigenvalue weighted by molar-refractivity contribution is 1.18. The van der Waals surface area contributed by atoms with Crippen molar-refractivity contribution in [3.8, 4) is 56.5 Å². The number of fused-ring (bicyclic) bond motifs is 11. The molecule has 0 saturated heterocycles. The summed E-state index contributed by atoms with van der Waals surface area (Å²) >= 11 is 0. The summed E-state index contributed by atoms with van der Waals surface area (Å²) in [6, 6.07) is 42.3. The Morgan fingerprint density at radius 3 is 1.87 bits per heavy atom. The maximum atomic E-state index is 9.65. The number of hydrogen-bond donors (Lipinski definition) is 0. The Kier molecular flexibility index (Phi) is 4.55. The highest BCUT2D eigenvalue weighted by atomic mass is 15.0. The number of hydrogen-bond acceptors (Lipinski definition) is 3. The minimum Gasteiger partial charge on any atom is -0.309 e. The van der Waals surface area contributed by atoms with E-state index in [4.69, 9.17) is 9.97 Å². The first kappa shape index (κ1) is 21.5. The zero-order valence-electron chi connectivity index (χ0n) is 20.8. The molecule has 8 rings (SSSR count). The zero-order valence-corrected chi connectivity index (χ0v) is 20.8. The smallest absolute Gasteiger partial charge is 0.141 e. The minimum atomic E-state index is 0.377. The van der Waals surface area contributed by atoms with Gasteiger partial charge < -0.3 is 4.57 Å². The van der Waals surface area contributed by atoms with Crippen molar-refractivity contribution in [3.63, 3.8) is 0 Å². The molecular weight excluding hydrogens is 476 g/mol. The van der Waals surface area contributed by atoms with E-state index in [0.717, 1.165) is 50.5 Å². The second kappa shape index (κ2) is 8.24. The largest absolute Gasteiger partial charge is 0.309 e. The second-order valence-electron chi connectivity index (χ2n) is 9.75. The SMILES string of the molecule is N#Cc1ccc2c(n1)-c1ncccc1-c1cc(-n3c4ccccc4c4ccccc43)ccc1-c1ccccc1-2. The third-order valence-corrected chi connectivity index (χ3v) is 7.68. The van der Waals surface area contributed by atoms with E-state index in [2.05, 4.69) is 102 Å². The van der Waals surface area contributed by atoms with Crippen molar-refractivity contribution in [1.82, 2.24) is 14.5 Å². The highest BCUT2D eigenvalue weighted by molar-refractivity contribution is 6.09. The van der Waals surface area contributed by atoms with E-state index in [9.17, 15) is 5.26 Å². The number of nitrogens with zero attached hydrogens (tertiary/aromatic N) is 4. The van der Waals surface area contributed by atoms with Gasteiger partial charge in [0, 0.05) is 33.8 Å². The molecule has 1 aliphatic rings. The maximum Gasteiger partial charge on any atom is 0.141 e. The fourth-order valence-corrected chi connectivity index (χ4v) is 6.01. The van der Waals surface area contributed by atoms with Gasteiger partial charge in [-0.3, -0.25) is 4.98 Å². The van der Waals surface area contributed by atoms with Crippen LogP contribution in [0.5, 0.6) is 0 Å². The van der Waals surface area contributed by atoms with E-state index >= 15 is 0 Å². The Bertz CT molecular complexity index is 2090. The molecule has 39 heavy (non-hydrogen) atoms. The lowest BCUT2D eigenvalue weighted by Gasteiger charge is -2.22. The Labute approximate surface area is 225 Å². The molecule has 4 heteroatoms. The van der Waals surface area contributed by atoms with Crippen molar-refractivity contribution in [3.05, 3.63) is 127 Å². The minimum absolute atomic E-state index is 0.377. The van der Waals surface area contributed by atoms with Gasteiger partial charge in [0.1, 0.15) is 11.8 Å². The zero-order chi connectivity index (χ0) is 25.9. The fraction of sp³-hybridized carbons (Fsp3) is 0. The van der Waals surface area contributed by atoms with E-state index < -0.39 is 0 Å². The van der Waals surface area contributed by atoms with E-state index in [-0.39, 0.29) is 0 Å². The predicted octanol–water partition coefficient (Wildman–Crippen LogP) is 8.43. The first-order valence-electron chi connectivity index (χ1n) is 12.9. The molecule has 0 fully saturated rings. The van der Waals surface area contributed by atoms with Gasteiger partial charge >= 0.3 is 0 Å². The van der Waals surface area contributed by atoms with Crippen LogP contribution in [-0.4, -0.2) is 14.5 Å². The first-order chi connectivity index (χ1) is 19.3. The Balaban J connectivity index is 1.49. The number of nitriles is 1. The van der Waals surface area contributed by atoms with E-state index in [1.54, 1.807) is 12.3 Å². The number of para-hydroxylation sites is 2. The van der Waals surface area contributed by atoms with Crippen LogP contribution in [0.25, 0.3) is 72.3 Å². The molecule has 3 aromatic heterocycles. The van der Waals surface area contributed by atoms with Gasteiger partial charge in [-0.15, -0.1) is 0 Å². The molecule has 0 aliphatic heterocycles. The van der Waals surface area contributed by atoms with Gasteiger partial charge in [-0.05, 0) is 64.7 Å². The standard InChI is InChI=1S/C35H20N4/c36-21-22-15-17-30-25-9-2-1-8-24(25)26-18-16-23(20-31(26)29-12-7-19-37-34(29)35(30)38-22)39-32-13-5-3-10-27(32)28-11-4-6-14-33(28)39/h1-20H. The third-order valence-electron chi connectivity index (χ3n) is 7.68. The molecule has 7 aromatic rings. The summed E-state index contributed by atoms with van der Waals surface area (Å²) in [6.07, 6.45) is 1.80. The Morgan fingerprint density at radius 2 is 1.13 bits per heavy atom. The molecule has 3 heterocycles. The average Bonchev–Trinajstić information content (AvgIpc) is 3.34. The van der Waals surface area contributed by atoms with Gasteiger partial charge in [0.15, 0.2) is 0 Å². The van der Waals surface area contributed by atoms with Gasteiger partial charge in [-0.1, -0.05) is 72.8 Å². The monoisotopic (exact) mass is 496 g/mol. The van der Waals surface area contributed by atoms with Gasteiger partial charge in [0.05, 0.1) is 22.4 Å². The molecule has 0 amide bonds. The summed E-state index contributed by atoms with van der Waals surface area (Å²) in [5.74, 6) is 0. The van der Waals surface area contributed by atoms with Gasteiger partial charge in [0.2, 0.25) is 0 Å². The van der Waals surface area contributed by atoms with Crippen molar-refractivity contribution in [2.75, 3.05) is 0 Å². The van der Waals surface area contributed by atoms with Gasteiger partial charge in [-0.2, -0.15) is 5.26 Å². The van der Waals surface area contributed by atoms with Crippen molar-refractivity contribution < 1.29 is 0 Å². The molecule has 4 nitrogen and oxygen atoms in total. The Hall–Kier alpha value is -5.53. The molecule has 0 unspecified atom stereocenters. The van der Waals surface area contributed by atoms with Crippen LogP contribution in [0.3, 0.4) is 0 Å². The van der Waals surface area contributed by atoms with E-state index in [1.165, 1.54) is 21.8 Å². The predicted molar refractivity (Wildman–Crippen MR) is 156 cm³/mol. The molecular formula is C35H20N4. The topological polar surface area (TPSA) is 54.5 Å². The van der Waals surface area contributed by atoms with E-state index in [0.29, 0.717) is 5.69 Å². The summed E-state index contributed by atoms with van der Waals surface area (Å²) in [5.41, 5.74) is 11.7. The van der Waals surface area contributed by atoms with Crippen molar-refractivity contribution in [2.24, 2.45) is 0 Å². The van der Waals surface area contributed by atoms with Crippen LogP contribution in [0.2, 0.25) is 0 Å². The normalized spacial score (nSPS) is 11.6. The lowest BCUT2D eigenvalue weighted by atomic mass is 9.84. The lowest BCUT2D eigenvalue weighted by Crippen LogP contribution is -2.02. The summed E-state index contributed by atoms with van der Waals surface area (Å²) in [5, 5.41) is 12.1. The Morgan fingerprint density at radius 1 is 0.538 bits per heavy atom.